The van der Waals surface area contributed by atoms with Crippen molar-refractivity contribution in [1.82, 2.24) is 0 Å². The first kappa shape index (κ1) is 13.7. The van der Waals surface area contributed by atoms with E-state index in [1.165, 1.54) is 19.3 Å². The molecule has 1 heteroatoms. The van der Waals surface area contributed by atoms with E-state index < -0.39 is 0 Å². The van der Waals surface area contributed by atoms with Gasteiger partial charge in [-0.15, -0.1) is 0 Å². The van der Waals surface area contributed by atoms with Crippen molar-refractivity contribution in [3.63, 3.8) is 0 Å². The molecular formula is C18H21O. The summed E-state index contributed by atoms with van der Waals surface area (Å²) in [6.45, 7) is 2.21. The Morgan fingerprint density at radius 2 is 1.63 bits per heavy atom. The van der Waals surface area contributed by atoms with Crippen molar-refractivity contribution in [3.8, 4) is 16.9 Å². The van der Waals surface area contributed by atoms with E-state index in [1.807, 2.05) is 24.3 Å². The Hall–Kier alpha value is -1.76. The van der Waals surface area contributed by atoms with Gasteiger partial charge in [0, 0.05) is 5.56 Å². The molecule has 0 fully saturated rings. The molecule has 99 valence electrons. The summed E-state index contributed by atoms with van der Waals surface area (Å²) >= 11 is 0. The second-order valence-electron chi connectivity index (χ2n) is 4.96. The maximum absolute atomic E-state index is 12.1. The molecule has 0 heterocycles. The molecule has 2 aromatic carbocycles. The van der Waals surface area contributed by atoms with Crippen LogP contribution in [0.3, 0.4) is 0 Å². The fourth-order valence-electron chi connectivity index (χ4n) is 2.44. The Morgan fingerprint density at radius 3 is 2.37 bits per heavy atom. The summed E-state index contributed by atoms with van der Waals surface area (Å²) in [5, 5.41) is 12.1. The zero-order chi connectivity index (χ0) is 13.5. The van der Waals surface area contributed by atoms with Crippen molar-refractivity contribution in [2.45, 2.75) is 39.0 Å². The predicted molar refractivity (Wildman–Crippen MR) is 79.9 cm³/mol. The van der Waals surface area contributed by atoms with Crippen LogP contribution in [-0.4, -0.2) is 0 Å². The molecule has 1 radical (unpaired) electrons. The van der Waals surface area contributed by atoms with E-state index in [0.29, 0.717) is 0 Å². The molecule has 0 aliphatic carbocycles. The first-order valence-corrected chi connectivity index (χ1v) is 7.17. The molecule has 0 aliphatic heterocycles. The van der Waals surface area contributed by atoms with Crippen LogP contribution >= 0.6 is 0 Å². The number of unbranched alkanes of at least 4 members (excludes halogenated alkanes) is 3. The SMILES string of the molecule is CCCCCCc1c([O])cccc1-c1ccccc1. The minimum atomic E-state index is 0.179. The van der Waals surface area contributed by atoms with Gasteiger partial charge in [0.2, 0.25) is 0 Å². The average Bonchev–Trinajstić information content (AvgIpc) is 2.46. The molecule has 0 aromatic heterocycles. The minimum Gasteiger partial charge on any atom is -0.290 e. The van der Waals surface area contributed by atoms with Crippen molar-refractivity contribution in [2.24, 2.45) is 0 Å². The Morgan fingerprint density at radius 1 is 0.842 bits per heavy atom. The van der Waals surface area contributed by atoms with Gasteiger partial charge in [0.05, 0.1) is 0 Å². The van der Waals surface area contributed by atoms with Gasteiger partial charge in [-0.2, -0.15) is 0 Å². The molecule has 0 N–H and O–H groups in total. The van der Waals surface area contributed by atoms with Crippen LogP contribution in [0.15, 0.2) is 48.5 Å². The molecule has 0 saturated heterocycles. The van der Waals surface area contributed by atoms with E-state index in [2.05, 4.69) is 25.1 Å². The maximum Gasteiger partial charge on any atom is 0.182 e. The molecule has 2 aromatic rings. The van der Waals surface area contributed by atoms with E-state index in [4.69, 9.17) is 0 Å². The monoisotopic (exact) mass is 253 g/mol. The van der Waals surface area contributed by atoms with E-state index in [0.717, 1.165) is 29.5 Å². The van der Waals surface area contributed by atoms with Crippen molar-refractivity contribution >= 4 is 0 Å². The van der Waals surface area contributed by atoms with Crippen molar-refractivity contribution in [2.75, 3.05) is 0 Å². The summed E-state index contributed by atoms with van der Waals surface area (Å²) in [4.78, 5) is 0. The third kappa shape index (κ3) is 3.60. The van der Waals surface area contributed by atoms with Gasteiger partial charge in [-0.25, -0.2) is 0 Å². The number of hydrogen-bond donors (Lipinski definition) is 0. The lowest BCUT2D eigenvalue weighted by atomic mass is 9.95. The second kappa shape index (κ2) is 6.98. The zero-order valence-electron chi connectivity index (χ0n) is 11.6. The van der Waals surface area contributed by atoms with Crippen LogP contribution in [0.25, 0.3) is 11.1 Å². The van der Waals surface area contributed by atoms with Gasteiger partial charge in [-0.05, 0) is 30.0 Å². The standard InChI is InChI=1S/C18H21O/c1-2-3-4-8-12-17-16(13-9-14-18(17)19)15-10-6-5-7-11-15/h5-7,9-11,13-14H,2-4,8,12H2,1H3. The van der Waals surface area contributed by atoms with E-state index in [-0.39, 0.29) is 5.75 Å². The van der Waals surface area contributed by atoms with E-state index >= 15 is 0 Å². The fourth-order valence-corrected chi connectivity index (χ4v) is 2.44. The van der Waals surface area contributed by atoms with Crippen molar-refractivity contribution < 1.29 is 5.11 Å². The smallest absolute Gasteiger partial charge is 0.182 e. The zero-order valence-corrected chi connectivity index (χ0v) is 11.6. The maximum atomic E-state index is 12.1. The molecule has 0 amide bonds. The highest BCUT2D eigenvalue weighted by Crippen LogP contribution is 2.31. The van der Waals surface area contributed by atoms with Crippen LogP contribution < -0.4 is 0 Å². The van der Waals surface area contributed by atoms with Crippen LogP contribution in [0.1, 0.15) is 38.2 Å². The summed E-state index contributed by atoms with van der Waals surface area (Å²) in [5.41, 5.74) is 3.22. The van der Waals surface area contributed by atoms with Gasteiger partial charge < -0.3 is 0 Å². The Balaban J connectivity index is 2.21. The summed E-state index contributed by atoms with van der Waals surface area (Å²) in [6.07, 6.45) is 5.68. The van der Waals surface area contributed by atoms with Crippen LogP contribution in [0.2, 0.25) is 0 Å². The molecule has 0 saturated carbocycles. The number of hydrogen-bond acceptors (Lipinski definition) is 0. The minimum absolute atomic E-state index is 0.179. The Bertz CT molecular complexity index is 502. The molecule has 2 rings (SSSR count). The third-order valence-corrected chi connectivity index (χ3v) is 3.50. The van der Waals surface area contributed by atoms with E-state index in [9.17, 15) is 5.11 Å². The summed E-state index contributed by atoms with van der Waals surface area (Å²) in [7, 11) is 0. The van der Waals surface area contributed by atoms with Crippen LogP contribution in [0.5, 0.6) is 5.75 Å². The van der Waals surface area contributed by atoms with Crippen LogP contribution in [-0.2, 0) is 11.5 Å². The molecule has 1 nitrogen and oxygen atoms in total. The topological polar surface area (TPSA) is 19.9 Å². The normalized spacial score (nSPS) is 10.6. The Kier molecular flexibility index (Phi) is 5.02. The van der Waals surface area contributed by atoms with Crippen LogP contribution in [0.4, 0.5) is 0 Å². The number of benzene rings is 2. The molecule has 0 spiro atoms. The lowest BCUT2D eigenvalue weighted by Crippen LogP contribution is -1.91. The molecule has 0 atom stereocenters. The highest BCUT2D eigenvalue weighted by molar-refractivity contribution is 5.69. The first-order chi connectivity index (χ1) is 9.33. The van der Waals surface area contributed by atoms with Crippen molar-refractivity contribution in [3.05, 3.63) is 54.1 Å². The van der Waals surface area contributed by atoms with Gasteiger partial charge in [0.15, 0.2) is 5.75 Å². The molecule has 19 heavy (non-hydrogen) atoms. The van der Waals surface area contributed by atoms with Crippen LogP contribution in [0, 0.1) is 0 Å². The number of rotatable bonds is 6. The lowest BCUT2D eigenvalue weighted by molar-refractivity contribution is 0.349. The van der Waals surface area contributed by atoms with Gasteiger partial charge in [-0.3, -0.25) is 5.11 Å². The highest BCUT2D eigenvalue weighted by atomic mass is 16.3. The quantitative estimate of drug-likeness (QED) is 0.595. The average molecular weight is 253 g/mol. The third-order valence-electron chi connectivity index (χ3n) is 3.50. The highest BCUT2D eigenvalue weighted by Gasteiger charge is 2.10. The van der Waals surface area contributed by atoms with Gasteiger partial charge in [0.1, 0.15) is 0 Å². The predicted octanol–water partition coefficient (Wildman–Crippen LogP) is 5.62. The molecule has 0 unspecified atom stereocenters. The van der Waals surface area contributed by atoms with Crippen molar-refractivity contribution in [1.29, 1.82) is 0 Å². The summed E-state index contributed by atoms with van der Waals surface area (Å²) < 4.78 is 0. The summed E-state index contributed by atoms with van der Waals surface area (Å²) in [5.74, 6) is 0.179. The molecule has 0 aliphatic rings. The van der Waals surface area contributed by atoms with Gasteiger partial charge >= 0.3 is 0 Å². The van der Waals surface area contributed by atoms with Gasteiger partial charge in [0.25, 0.3) is 0 Å². The Labute approximate surface area is 115 Å². The molecular weight excluding hydrogens is 232 g/mol. The molecule has 0 bridgehead atoms. The summed E-state index contributed by atoms with van der Waals surface area (Å²) in [6, 6.07) is 15.8. The largest absolute Gasteiger partial charge is 0.290 e. The van der Waals surface area contributed by atoms with Gasteiger partial charge in [-0.1, -0.05) is 68.7 Å². The lowest BCUT2D eigenvalue weighted by Gasteiger charge is -2.10. The fraction of sp³-hybridized carbons (Fsp3) is 0.333. The first-order valence-electron chi connectivity index (χ1n) is 7.17. The van der Waals surface area contributed by atoms with E-state index in [1.54, 1.807) is 6.07 Å². The second-order valence-corrected chi connectivity index (χ2v) is 4.96.